The molecule has 1 aromatic carbocycles. The van der Waals surface area contributed by atoms with Crippen LogP contribution in [0.25, 0.3) is 10.1 Å². The molecule has 1 fully saturated rings. The molecule has 3 nitrogen and oxygen atoms in total. The van der Waals surface area contributed by atoms with Gasteiger partial charge in [0.2, 0.25) is 0 Å². The lowest BCUT2D eigenvalue weighted by Crippen LogP contribution is -2.38. The number of thiophene rings is 1. The second kappa shape index (κ2) is 7.26. The van der Waals surface area contributed by atoms with E-state index in [0.717, 1.165) is 0 Å². The van der Waals surface area contributed by atoms with Crippen LogP contribution in [0, 0.1) is 0 Å². The number of aliphatic imine (C=N–C) groups is 1. The van der Waals surface area contributed by atoms with Crippen molar-refractivity contribution in [1.29, 1.82) is 0 Å². The first-order valence-corrected chi connectivity index (χ1v) is 7.72. The third kappa shape index (κ3) is 3.63. The summed E-state index contributed by atoms with van der Waals surface area (Å²) in [6.45, 7) is 0.662. The molecule has 3 rings (SSSR count). The normalized spacial score (nSPS) is 16.3. The Labute approximate surface area is 140 Å². The molecule has 1 aliphatic carbocycles. The molecule has 5 heteroatoms. The van der Waals surface area contributed by atoms with Crippen LogP contribution in [0.5, 0.6) is 0 Å². The van der Waals surface area contributed by atoms with Crippen molar-refractivity contribution in [2.45, 2.75) is 38.3 Å². The third-order valence-corrected chi connectivity index (χ3v) is 4.70. The number of halogens is 1. The summed E-state index contributed by atoms with van der Waals surface area (Å²) in [7, 11) is 0. The van der Waals surface area contributed by atoms with Gasteiger partial charge in [0.15, 0.2) is 5.96 Å². The van der Waals surface area contributed by atoms with Crippen molar-refractivity contribution in [2.75, 3.05) is 0 Å². The largest absolute Gasteiger partial charge is 0.370 e. The number of hydrogen-bond acceptors (Lipinski definition) is 2. The molecule has 0 bridgehead atoms. The molecular formula is C15H20IN3S. The molecule has 1 saturated carbocycles. The summed E-state index contributed by atoms with van der Waals surface area (Å²) in [4.78, 5) is 4.47. The fourth-order valence-corrected chi connectivity index (χ4v) is 3.60. The lowest BCUT2D eigenvalue weighted by atomic mass is 10.2. The van der Waals surface area contributed by atoms with Crippen molar-refractivity contribution in [3.05, 3.63) is 35.2 Å². The first-order valence-electron chi connectivity index (χ1n) is 6.84. The van der Waals surface area contributed by atoms with Gasteiger partial charge in [0.25, 0.3) is 0 Å². The summed E-state index contributed by atoms with van der Waals surface area (Å²) >= 11 is 1.77. The molecular weight excluding hydrogens is 381 g/mol. The first kappa shape index (κ1) is 15.6. The highest BCUT2D eigenvalue weighted by Gasteiger charge is 2.14. The van der Waals surface area contributed by atoms with Crippen molar-refractivity contribution in [1.82, 2.24) is 5.32 Å². The van der Waals surface area contributed by atoms with E-state index in [0.29, 0.717) is 18.5 Å². The number of nitrogens with two attached hydrogens (primary N) is 1. The third-order valence-electron chi connectivity index (χ3n) is 3.69. The molecule has 3 N–H and O–H groups in total. The molecule has 0 unspecified atom stereocenters. The highest BCUT2D eigenvalue weighted by Crippen LogP contribution is 2.26. The summed E-state index contributed by atoms with van der Waals surface area (Å²) in [5, 5.41) is 6.79. The molecule has 0 saturated heterocycles. The lowest BCUT2D eigenvalue weighted by molar-refractivity contribution is 0.625. The van der Waals surface area contributed by atoms with E-state index in [1.54, 1.807) is 11.3 Å². The minimum Gasteiger partial charge on any atom is -0.370 e. The van der Waals surface area contributed by atoms with Gasteiger partial charge in [-0.05, 0) is 35.2 Å². The topological polar surface area (TPSA) is 50.4 Å². The number of hydrogen-bond donors (Lipinski definition) is 2. The van der Waals surface area contributed by atoms with E-state index < -0.39 is 0 Å². The van der Waals surface area contributed by atoms with E-state index in [-0.39, 0.29) is 24.0 Å². The molecule has 0 atom stereocenters. The summed E-state index contributed by atoms with van der Waals surface area (Å²) in [5.41, 5.74) is 7.22. The summed E-state index contributed by atoms with van der Waals surface area (Å²) in [5.74, 6) is 0.585. The SMILES string of the molecule is I.NC(=NCc1csc2ccccc12)NC1CCCC1. The van der Waals surface area contributed by atoms with Crippen LogP contribution in [0.15, 0.2) is 34.6 Å². The number of nitrogens with zero attached hydrogens (tertiary/aromatic N) is 1. The molecule has 0 spiro atoms. The zero-order chi connectivity index (χ0) is 13.1. The first-order chi connectivity index (χ1) is 9.33. The highest BCUT2D eigenvalue weighted by molar-refractivity contribution is 14.0. The minimum atomic E-state index is 0. The molecule has 108 valence electrons. The zero-order valence-electron chi connectivity index (χ0n) is 11.3. The Hall–Kier alpha value is -0.820. The smallest absolute Gasteiger partial charge is 0.189 e. The van der Waals surface area contributed by atoms with Crippen LogP contribution >= 0.6 is 35.3 Å². The maximum atomic E-state index is 5.96. The van der Waals surface area contributed by atoms with Gasteiger partial charge in [0, 0.05) is 10.7 Å². The molecule has 1 aliphatic rings. The van der Waals surface area contributed by atoms with Gasteiger partial charge in [0.05, 0.1) is 6.54 Å². The van der Waals surface area contributed by atoms with E-state index in [1.807, 2.05) is 0 Å². The Balaban J connectivity index is 0.00000147. The number of nitrogens with one attached hydrogen (secondary N) is 1. The highest BCUT2D eigenvalue weighted by atomic mass is 127. The summed E-state index contributed by atoms with van der Waals surface area (Å²) < 4.78 is 1.31. The number of benzene rings is 1. The predicted molar refractivity (Wildman–Crippen MR) is 98.0 cm³/mol. The molecule has 0 aliphatic heterocycles. The van der Waals surface area contributed by atoms with Crippen LogP contribution in [0.1, 0.15) is 31.2 Å². The van der Waals surface area contributed by atoms with Crippen LogP contribution in [0.3, 0.4) is 0 Å². The minimum absolute atomic E-state index is 0. The van der Waals surface area contributed by atoms with Crippen LogP contribution in [-0.4, -0.2) is 12.0 Å². The van der Waals surface area contributed by atoms with Crippen LogP contribution in [-0.2, 0) is 6.54 Å². The lowest BCUT2D eigenvalue weighted by Gasteiger charge is -2.12. The van der Waals surface area contributed by atoms with Gasteiger partial charge in [-0.2, -0.15) is 0 Å². The van der Waals surface area contributed by atoms with Crippen molar-refractivity contribution in [2.24, 2.45) is 10.7 Å². The van der Waals surface area contributed by atoms with Crippen LogP contribution in [0.4, 0.5) is 0 Å². The fourth-order valence-electron chi connectivity index (χ4n) is 2.65. The Morgan fingerprint density at radius 3 is 2.85 bits per heavy atom. The molecule has 20 heavy (non-hydrogen) atoms. The van der Waals surface area contributed by atoms with E-state index in [4.69, 9.17) is 5.73 Å². The van der Waals surface area contributed by atoms with E-state index in [1.165, 1.54) is 41.3 Å². The van der Waals surface area contributed by atoms with Gasteiger partial charge in [-0.25, -0.2) is 4.99 Å². The van der Waals surface area contributed by atoms with Crippen LogP contribution in [0.2, 0.25) is 0 Å². The maximum Gasteiger partial charge on any atom is 0.189 e. The molecule has 2 aromatic rings. The zero-order valence-corrected chi connectivity index (χ0v) is 14.5. The molecule has 1 heterocycles. The second-order valence-electron chi connectivity index (χ2n) is 5.08. The monoisotopic (exact) mass is 401 g/mol. The van der Waals surface area contributed by atoms with Gasteiger partial charge in [-0.15, -0.1) is 35.3 Å². The van der Waals surface area contributed by atoms with Crippen molar-refractivity contribution < 1.29 is 0 Å². The van der Waals surface area contributed by atoms with Crippen molar-refractivity contribution in [3.8, 4) is 0 Å². The van der Waals surface area contributed by atoms with Gasteiger partial charge < -0.3 is 11.1 Å². The average Bonchev–Trinajstić information content (AvgIpc) is 3.05. The number of fused-ring (bicyclic) bond motifs is 1. The van der Waals surface area contributed by atoms with Gasteiger partial charge in [-0.1, -0.05) is 31.0 Å². The van der Waals surface area contributed by atoms with E-state index in [9.17, 15) is 0 Å². The predicted octanol–water partition coefficient (Wildman–Crippen LogP) is 3.87. The second-order valence-corrected chi connectivity index (χ2v) is 6.00. The Kier molecular flexibility index (Phi) is 5.65. The molecule has 0 amide bonds. The Morgan fingerprint density at radius 1 is 1.30 bits per heavy atom. The standard InChI is InChI=1S/C15H19N3S.HI/c16-15(18-12-5-1-2-6-12)17-9-11-10-19-14-8-4-3-7-13(11)14;/h3-4,7-8,10,12H,1-2,5-6,9H2,(H3,16,17,18);1H. The quantitative estimate of drug-likeness (QED) is 0.466. The fraction of sp³-hybridized carbons (Fsp3) is 0.400. The van der Waals surface area contributed by atoms with Crippen molar-refractivity contribution in [3.63, 3.8) is 0 Å². The van der Waals surface area contributed by atoms with Gasteiger partial charge >= 0.3 is 0 Å². The number of guanidine groups is 1. The van der Waals surface area contributed by atoms with E-state index >= 15 is 0 Å². The summed E-state index contributed by atoms with van der Waals surface area (Å²) in [6, 6.07) is 8.97. The van der Waals surface area contributed by atoms with E-state index in [2.05, 4.69) is 40.0 Å². The van der Waals surface area contributed by atoms with Gasteiger partial charge in [-0.3, -0.25) is 0 Å². The molecule has 1 aromatic heterocycles. The van der Waals surface area contributed by atoms with Crippen molar-refractivity contribution >= 4 is 51.4 Å². The van der Waals surface area contributed by atoms with Gasteiger partial charge in [0.1, 0.15) is 0 Å². The Morgan fingerprint density at radius 2 is 2.05 bits per heavy atom. The Bertz CT molecular complexity index is 588. The number of rotatable bonds is 3. The molecule has 0 radical (unpaired) electrons. The summed E-state index contributed by atoms with van der Waals surface area (Å²) in [6.07, 6.45) is 5.05. The van der Waals surface area contributed by atoms with Crippen LogP contribution < -0.4 is 11.1 Å². The average molecular weight is 401 g/mol. The maximum absolute atomic E-state index is 5.96.